The first kappa shape index (κ1) is 13.6. The predicted octanol–water partition coefficient (Wildman–Crippen LogP) is 4.06. The van der Waals surface area contributed by atoms with Crippen molar-refractivity contribution >= 4 is 38.3 Å². The molecule has 21 heavy (non-hydrogen) atoms. The molecule has 0 amide bonds. The van der Waals surface area contributed by atoms with Gasteiger partial charge in [-0.15, -0.1) is 0 Å². The van der Waals surface area contributed by atoms with E-state index in [1.807, 2.05) is 48.5 Å². The molecular formula is C16H14N2O2S. The Kier molecular flexibility index (Phi) is 3.83. The summed E-state index contributed by atoms with van der Waals surface area (Å²) in [6.07, 6.45) is 0.698. The number of rotatable bonds is 5. The highest BCUT2D eigenvalue weighted by molar-refractivity contribution is 7.22. The third-order valence-electron chi connectivity index (χ3n) is 3.11. The van der Waals surface area contributed by atoms with Crippen LogP contribution in [0, 0.1) is 0 Å². The van der Waals surface area contributed by atoms with Crippen molar-refractivity contribution in [3.8, 4) is 0 Å². The number of thiazole rings is 1. The lowest BCUT2D eigenvalue weighted by molar-refractivity contribution is -0.136. The number of benzene rings is 2. The smallest absolute Gasteiger partial charge is 0.303 e. The summed E-state index contributed by atoms with van der Waals surface area (Å²) in [5.41, 5.74) is 2.96. The van der Waals surface area contributed by atoms with E-state index in [4.69, 9.17) is 5.11 Å². The van der Waals surface area contributed by atoms with Crippen LogP contribution >= 0.6 is 11.3 Å². The quantitative estimate of drug-likeness (QED) is 0.745. The SMILES string of the molecule is O=C(O)CCc1ccc2nc(Nc3ccccc3)sc2c1. The van der Waals surface area contributed by atoms with Gasteiger partial charge in [0.2, 0.25) is 0 Å². The van der Waals surface area contributed by atoms with Crippen LogP contribution in [0.3, 0.4) is 0 Å². The third kappa shape index (κ3) is 3.38. The summed E-state index contributed by atoms with van der Waals surface area (Å²) in [7, 11) is 0. The summed E-state index contributed by atoms with van der Waals surface area (Å²) >= 11 is 1.57. The average Bonchev–Trinajstić information content (AvgIpc) is 2.87. The van der Waals surface area contributed by atoms with Crippen LogP contribution in [0.2, 0.25) is 0 Å². The van der Waals surface area contributed by atoms with Crippen LogP contribution in [0.25, 0.3) is 10.2 Å². The van der Waals surface area contributed by atoms with Gasteiger partial charge >= 0.3 is 5.97 Å². The van der Waals surface area contributed by atoms with Crippen LogP contribution < -0.4 is 5.32 Å². The number of aryl methyl sites for hydroxylation is 1. The maximum Gasteiger partial charge on any atom is 0.303 e. The maximum absolute atomic E-state index is 10.6. The number of nitrogens with one attached hydrogen (secondary N) is 1. The molecule has 0 saturated carbocycles. The highest BCUT2D eigenvalue weighted by atomic mass is 32.1. The predicted molar refractivity (Wildman–Crippen MR) is 85.3 cm³/mol. The zero-order chi connectivity index (χ0) is 14.7. The lowest BCUT2D eigenvalue weighted by Gasteiger charge is -1.99. The number of anilines is 2. The standard InChI is InChI=1S/C16H14N2O2S/c19-15(20)9-7-11-6-8-13-14(10-11)21-16(18-13)17-12-4-2-1-3-5-12/h1-6,8,10H,7,9H2,(H,17,18)(H,19,20). The lowest BCUT2D eigenvalue weighted by atomic mass is 10.1. The Morgan fingerprint density at radius 1 is 1.19 bits per heavy atom. The maximum atomic E-state index is 10.6. The van der Waals surface area contributed by atoms with Crippen LogP contribution in [-0.2, 0) is 11.2 Å². The van der Waals surface area contributed by atoms with E-state index in [0.717, 1.165) is 26.6 Å². The molecule has 0 saturated heterocycles. The first-order valence-corrected chi connectivity index (χ1v) is 7.46. The minimum absolute atomic E-state index is 0.152. The Labute approximate surface area is 126 Å². The average molecular weight is 298 g/mol. The van der Waals surface area contributed by atoms with Crippen LogP contribution in [0.4, 0.5) is 10.8 Å². The van der Waals surface area contributed by atoms with Crippen molar-refractivity contribution < 1.29 is 9.90 Å². The van der Waals surface area contributed by atoms with E-state index in [9.17, 15) is 4.79 Å². The number of carbonyl (C=O) groups is 1. The van der Waals surface area contributed by atoms with Gasteiger partial charge < -0.3 is 10.4 Å². The molecule has 2 aromatic carbocycles. The second-order valence-corrected chi connectivity index (χ2v) is 5.74. The number of aromatic nitrogens is 1. The molecular weight excluding hydrogens is 284 g/mol. The third-order valence-corrected chi connectivity index (χ3v) is 4.04. The number of para-hydroxylation sites is 1. The lowest BCUT2D eigenvalue weighted by Crippen LogP contribution is -1.96. The van der Waals surface area contributed by atoms with Crippen LogP contribution in [-0.4, -0.2) is 16.1 Å². The van der Waals surface area contributed by atoms with E-state index in [0.29, 0.717) is 6.42 Å². The summed E-state index contributed by atoms with van der Waals surface area (Å²) < 4.78 is 1.07. The molecule has 0 radical (unpaired) electrons. The molecule has 0 atom stereocenters. The molecule has 3 rings (SSSR count). The van der Waals surface area contributed by atoms with Crippen LogP contribution in [0.1, 0.15) is 12.0 Å². The summed E-state index contributed by atoms with van der Waals surface area (Å²) in [4.78, 5) is 15.2. The van der Waals surface area contributed by atoms with Gasteiger partial charge in [0.1, 0.15) is 0 Å². The minimum Gasteiger partial charge on any atom is -0.481 e. The fraction of sp³-hybridized carbons (Fsp3) is 0.125. The Morgan fingerprint density at radius 2 is 2.00 bits per heavy atom. The summed E-state index contributed by atoms with van der Waals surface area (Å²) in [6, 6.07) is 15.8. The van der Waals surface area contributed by atoms with Crippen molar-refractivity contribution in [2.24, 2.45) is 0 Å². The highest BCUT2D eigenvalue weighted by Crippen LogP contribution is 2.29. The first-order chi connectivity index (χ1) is 10.2. The Balaban J connectivity index is 1.81. The van der Waals surface area contributed by atoms with E-state index in [2.05, 4.69) is 10.3 Å². The van der Waals surface area contributed by atoms with E-state index in [1.54, 1.807) is 11.3 Å². The monoisotopic (exact) mass is 298 g/mol. The molecule has 2 N–H and O–H groups in total. The topological polar surface area (TPSA) is 62.2 Å². The van der Waals surface area contributed by atoms with Crippen molar-refractivity contribution in [2.45, 2.75) is 12.8 Å². The fourth-order valence-electron chi connectivity index (χ4n) is 2.07. The van der Waals surface area contributed by atoms with Gasteiger partial charge in [-0.3, -0.25) is 4.79 Å². The number of fused-ring (bicyclic) bond motifs is 1. The molecule has 0 fully saturated rings. The fourth-order valence-corrected chi connectivity index (χ4v) is 3.02. The zero-order valence-corrected chi connectivity index (χ0v) is 12.1. The summed E-state index contributed by atoms with van der Waals surface area (Å²) in [6.45, 7) is 0. The van der Waals surface area contributed by atoms with Gasteiger partial charge in [-0.2, -0.15) is 0 Å². The number of hydrogen-bond donors (Lipinski definition) is 2. The van der Waals surface area contributed by atoms with Gasteiger partial charge in [0.05, 0.1) is 10.2 Å². The van der Waals surface area contributed by atoms with Crippen LogP contribution in [0.15, 0.2) is 48.5 Å². The Morgan fingerprint density at radius 3 is 2.76 bits per heavy atom. The van der Waals surface area contributed by atoms with Gasteiger partial charge in [-0.05, 0) is 36.2 Å². The second-order valence-electron chi connectivity index (χ2n) is 4.71. The molecule has 4 nitrogen and oxygen atoms in total. The van der Waals surface area contributed by atoms with E-state index >= 15 is 0 Å². The van der Waals surface area contributed by atoms with Gasteiger partial charge in [-0.25, -0.2) is 4.98 Å². The van der Waals surface area contributed by atoms with Gasteiger partial charge in [-0.1, -0.05) is 35.6 Å². The molecule has 0 aliphatic heterocycles. The van der Waals surface area contributed by atoms with E-state index in [1.165, 1.54) is 0 Å². The first-order valence-electron chi connectivity index (χ1n) is 6.64. The molecule has 106 valence electrons. The number of nitrogens with zero attached hydrogens (tertiary/aromatic N) is 1. The van der Waals surface area contributed by atoms with Crippen molar-refractivity contribution in [3.05, 3.63) is 54.1 Å². The molecule has 0 aliphatic rings. The number of carboxylic acids is 1. The van der Waals surface area contributed by atoms with Crippen LogP contribution in [0.5, 0.6) is 0 Å². The minimum atomic E-state index is -0.772. The Bertz CT molecular complexity index is 768. The van der Waals surface area contributed by atoms with Crippen molar-refractivity contribution in [3.63, 3.8) is 0 Å². The molecule has 0 spiro atoms. The van der Waals surface area contributed by atoms with Crippen molar-refractivity contribution in [1.29, 1.82) is 0 Å². The van der Waals surface area contributed by atoms with Gasteiger partial charge in [0, 0.05) is 12.1 Å². The summed E-state index contributed by atoms with van der Waals surface area (Å²) in [5, 5.41) is 12.9. The molecule has 0 aliphatic carbocycles. The molecule has 1 aromatic heterocycles. The molecule has 1 heterocycles. The summed E-state index contributed by atoms with van der Waals surface area (Å²) in [5.74, 6) is -0.772. The molecule has 3 aromatic rings. The number of hydrogen-bond acceptors (Lipinski definition) is 4. The molecule has 0 unspecified atom stereocenters. The van der Waals surface area contributed by atoms with Gasteiger partial charge in [0.15, 0.2) is 5.13 Å². The van der Waals surface area contributed by atoms with Crippen molar-refractivity contribution in [2.75, 3.05) is 5.32 Å². The number of carboxylic acid groups (broad SMARTS) is 1. The highest BCUT2D eigenvalue weighted by Gasteiger charge is 2.06. The molecule has 0 bridgehead atoms. The van der Waals surface area contributed by atoms with E-state index in [-0.39, 0.29) is 6.42 Å². The number of aliphatic carboxylic acids is 1. The van der Waals surface area contributed by atoms with Crippen molar-refractivity contribution in [1.82, 2.24) is 4.98 Å². The largest absolute Gasteiger partial charge is 0.481 e. The van der Waals surface area contributed by atoms with E-state index < -0.39 is 5.97 Å². The zero-order valence-electron chi connectivity index (χ0n) is 11.2. The second kappa shape index (κ2) is 5.93. The normalized spacial score (nSPS) is 10.7. The Hall–Kier alpha value is -2.40. The van der Waals surface area contributed by atoms with Gasteiger partial charge in [0.25, 0.3) is 0 Å². The molecule has 5 heteroatoms.